The first kappa shape index (κ1) is 22.4. The van der Waals surface area contributed by atoms with Gasteiger partial charge in [-0.05, 0) is 60.2 Å². The highest BCUT2D eigenvalue weighted by molar-refractivity contribution is 8.45. The second kappa shape index (κ2) is 6.60. The van der Waals surface area contributed by atoms with Crippen molar-refractivity contribution in [3.8, 4) is 22.3 Å². The molecule has 0 fully saturated rings. The highest BCUT2D eigenvalue weighted by atomic mass is 32.5. The zero-order chi connectivity index (χ0) is 23.4. The Labute approximate surface area is 184 Å². The molecule has 0 bridgehead atoms. The fourth-order valence-electron chi connectivity index (χ4n) is 3.15. The van der Waals surface area contributed by atoms with Crippen molar-refractivity contribution >= 4 is 37.3 Å². The molecule has 3 aromatic rings. The van der Waals surface area contributed by atoms with Crippen LogP contribution in [0.1, 0.15) is 4.88 Å². The Morgan fingerprint density at radius 3 is 2.28 bits per heavy atom. The second-order valence-corrected chi connectivity index (χ2v) is 12.2. The fourth-order valence-corrected chi connectivity index (χ4v) is 6.05. The lowest BCUT2D eigenvalue weighted by molar-refractivity contribution is 0.316. The van der Waals surface area contributed by atoms with E-state index in [0.29, 0.717) is 27.5 Å². The van der Waals surface area contributed by atoms with Gasteiger partial charge in [-0.25, -0.2) is 8.42 Å². The van der Waals surface area contributed by atoms with Crippen molar-refractivity contribution in [1.82, 2.24) is 0 Å². The van der Waals surface area contributed by atoms with Crippen LogP contribution in [-0.4, -0.2) is 21.6 Å². The Hall–Kier alpha value is -2.82. The van der Waals surface area contributed by atoms with Gasteiger partial charge in [-0.2, -0.15) is 5.26 Å². The number of anilines is 1. The van der Waals surface area contributed by atoms with Crippen LogP contribution in [0.2, 0.25) is 0 Å². The van der Waals surface area contributed by atoms with Crippen LogP contribution >= 0.6 is 21.6 Å². The SMILES string of the molecule is N#Cc1ccc(-c2ccc3c(c2)N(S(=O)(=O)c2ccc(S(F)(F)(F)(F)F)cc2)CCO3)s1. The number of fused-ring (bicyclic) bond motifs is 1. The summed E-state index contributed by atoms with van der Waals surface area (Å²) in [7, 11) is -14.3. The number of nitrogens with zero attached hydrogens (tertiary/aromatic N) is 2. The Morgan fingerprint density at radius 2 is 1.69 bits per heavy atom. The number of sulfonamides is 1. The number of nitriles is 1. The number of halogens is 5. The van der Waals surface area contributed by atoms with E-state index >= 15 is 0 Å². The molecular formula is C19H13F5N2O3S3. The van der Waals surface area contributed by atoms with Crippen LogP contribution in [0.25, 0.3) is 10.4 Å². The van der Waals surface area contributed by atoms with Crippen LogP contribution in [0.4, 0.5) is 25.1 Å². The van der Waals surface area contributed by atoms with Gasteiger partial charge in [0.05, 0.1) is 17.1 Å². The Balaban J connectivity index is 1.75. The van der Waals surface area contributed by atoms with Crippen LogP contribution in [-0.2, 0) is 10.0 Å². The van der Waals surface area contributed by atoms with E-state index in [1.807, 2.05) is 6.07 Å². The molecule has 0 spiro atoms. The second-order valence-electron chi connectivity index (χ2n) is 6.82. The minimum absolute atomic E-state index is 0.00724. The summed E-state index contributed by atoms with van der Waals surface area (Å²) in [6.07, 6.45) is 0. The molecule has 1 aromatic heterocycles. The van der Waals surface area contributed by atoms with Gasteiger partial charge in [0.15, 0.2) is 0 Å². The molecule has 1 aliphatic rings. The standard InChI is InChI=1S/C19H13F5N2O3S3/c20-32(21,22,23,24)16-5-3-15(4-6-16)31(27,28)26-9-10-29-18-7-1-13(11-17(18)26)19-8-2-14(12-25)30-19/h1-8,11H,9-10H2. The predicted molar refractivity (Wildman–Crippen MR) is 112 cm³/mol. The fraction of sp³-hybridized carbons (Fsp3) is 0.105. The molecule has 0 radical (unpaired) electrons. The van der Waals surface area contributed by atoms with E-state index in [2.05, 4.69) is 0 Å². The summed E-state index contributed by atoms with van der Waals surface area (Å²) in [4.78, 5) is -1.57. The number of hydrogen-bond donors (Lipinski definition) is 0. The molecule has 2 heterocycles. The van der Waals surface area contributed by atoms with Gasteiger partial charge in [0.2, 0.25) is 0 Å². The van der Waals surface area contributed by atoms with Crippen LogP contribution in [0, 0.1) is 11.3 Å². The van der Waals surface area contributed by atoms with E-state index in [4.69, 9.17) is 10.00 Å². The van der Waals surface area contributed by atoms with E-state index in [0.717, 1.165) is 4.31 Å². The van der Waals surface area contributed by atoms with Gasteiger partial charge < -0.3 is 4.74 Å². The minimum atomic E-state index is -9.92. The largest absolute Gasteiger partial charge is 0.489 e. The Kier molecular flexibility index (Phi) is 4.61. The minimum Gasteiger partial charge on any atom is -0.489 e. The average Bonchev–Trinajstić information content (AvgIpc) is 3.21. The van der Waals surface area contributed by atoms with Crippen LogP contribution in [0.3, 0.4) is 0 Å². The van der Waals surface area contributed by atoms with Crippen molar-refractivity contribution in [2.24, 2.45) is 0 Å². The van der Waals surface area contributed by atoms with Crippen molar-refractivity contribution in [2.45, 2.75) is 9.79 Å². The van der Waals surface area contributed by atoms with Crippen molar-refractivity contribution in [2.75, 3.05) is 17.5 Å². The van der Waals surface area contributed by atoms with Crippen LogP contribution in [0.15, 0.2) is 64.4 Å². The van der Waals surface area contributed by atoms with Gasteiger partial charge >= 0.3 is 10.2 Å². The molecule has 32 heavy (non-hydrogen) atoms. The molecule has 4 rings (SSSR count). The van der Waals surface area contributed by atoms with Gasteiger partial charge in [0.1, 0.15) is 28.2 Å². The third-order valence-electron chi connectivity index (χ3n) is 4.64. The van der Waals surface area contributed by atoms with E-state index in [1.165, 1.54) is 17.4 Å². The van der Waals surface area contributed by atoms with Crippen molar-refractivity contribution in [3.63, 3.8) is 0 Å². The third kappa shape index (κ3) is 4.13. The Morgan fingerprint density at radius 1 is 1.00 bits per heavy atom. The quantitative estimate of drug-likeness (QED) is 0.376. The number of ether oxygens (including phenoxy) is 1. The van der Waals surface area contributed by atoms with E-state index in [9.17, 15) is 27.8 Å². The maximum atomic E-state index is 13.1. The summed E-state index contributed by atoms with van der Waals surface area (Å²) in [5.41, 5.74) is 0.759. The average molecular weight is 509 g/mol. The van der Waals surface area contributed by atoms with Gasteiger partial charge in [0.25, 0.3) is 10.0 Å². The highest BCUT2D eigenvalue weighted by Crippen LogP contribution is 3.02. The van der Waals surface area contributed by atoms with Crippen LogP contribution in [0.5, 0.6) is 5.75 Å². The zero-order valence-corrected chi connectivity index (χ0v) is 18.3. The number of benzene rings is 2. The maximum Gasteiger partial charge on any atom is 0.310 e. The number of thiophene rings is 1. The molecule has 0 atom stereocenters. The molecule has 170 valence electrons. The Bertz CT molecular complexity index is 1360. The van der Waals surface area contributed by atoms with Gasteiger partial charge in [-0.1, -0.05) is 19.4 Å². The summed E-state index contributed by atoms with van der Waals surface area (Å²) in [6, 6.07) is 11.3. The molecule has 0 aliphatic carbocycles. The van der Waals surface area contributed by atoms with Crippen LogP contribution < -0.4 is 9.04 Å². The summed E-state index contributed by atoms with van der Waals surface area (Å²) in [6.45, 7) is -0.136. The lowest BCUT2D eigenvalue weighted by Gasteiger charge is -2.40. The lowest BCUT2D eigenvalue weighted by Crippen LogP contribution is -2.37. The van der Waals surface area contributed by atoms with Gasteiger partial charge in [-0.15, -0.1) is 11.3 Å². The first-order valence-electron chi connectivity index (χ1n) is 8.83. The first-order valence-corrected chi connectivity index (χ1v) is 13.0. The molecule has 0 saturated heterocycles. The molecule has 0 amide bonds. The predicted octanol–water partition coefficient (Wildman–Crippen LogP) is 6.53. The zero-order valence-electron chi connectivity index (χ0n) is 15.8. The van der Waals surface area contributed by atoms with Crippen molar-refractivity contribution in [3.05, 3.63) is 59.5 Å². The lowest BCUT2D eigenvalue weighted by atomic mass is 10.1. The maximum absolute atomic E-state index is 13.1. The van der Waals surface area contributed by atoms with Crippen molar-refractivity contribution in [1.29, 1.82) is 5.26 Å². The van der Waals surface area contributed by atoms with Gasteiger partial charge in [-0.3, -0.25) is 4.31 Å². The highest BCUT2D eigenvalue weighted by Gasteiger charge is 2.65. The molecule has 5 nitrogen and oxygen atoms in total. The molecule has 0 N–H and O–H groups in total. The molecule has 13 heteroatoms. The van der Waals surface area contributed by atoms with Gasteiger partial charge in [0, 0.05) is 4.88 Å². The van der Waals surface area contributed by atoms with E-state index in [1.54, 1.807) is 24.3 Å². The van der Waals surface area contributed by atoms with E-state index in [-0.39, 0.29) is 36.7 Å². The molecule has 0 unspecified atom stereocenters. The molecule has 2 aromatic carbocycles. The normalized spacial score (nSPS) is 16.3. The summed E-state index contributed by atoms with van der Waals surface area (Å²) in [5.74, 6) is 0.240. The monoisotopic (exact) mass is 508 g/mol. The molecular weight excluding hydrogens is 495 g/mol. The van der Waals surface area contributed by atoms with E-state index < -0.39 is 30.0 Å². The summed E-state index contributed by atoms with van der Waals surface area (Å²) < 4.78 is 97.6. The smallest absolute Gasteiger partial charge is 0.310 e. The number of rotatable bonds is 4. The number of hydrogen-bond acceptors (Lipinski definition) is 5. The third-order valence-corrected chi connectivity index (χ3v) is 8.67. The van der Waals surface area contributed by atoms with Crippen molar-refractivity contribution < 1.29 is 32.6 Å². The molecule has 1 aliphatic heterocycles. The topological polar surface area (TPSA) is 70.4 Å². The molecule has 0 saturated carbocycles. The first-order chi connectivity index (χ1) is 14.7. The summed E-state index contributed by atoms with van der Waals surface area (Å²) in [5, 5.41) is 9.00. The summed E-state index contributed by atoms with van der Waals surface area (Å²) >= 11 is 1.20.